The number of hydrogen-bond acceptors (Lipinski definition) is 3. The van der Waals surface area contributed by atoms with Gasteiger partial charge in [-0.05, 0) is 36.7 Å². The van der Waals surface area contributed by atoms with Crippen LogP contribution in [0.15, 0.2) is 36.9 Å². The van der Waals surface area contributed by atoms with Crippen molar-refractivity contribution in [3.05, 3.63) is 48.3 Å². The highest BCUT2D eigenvalue weighted by Crippen LogP contribution is 2.28. The molecule has 0 saturated heterocycles. The van der Waals surface area contributed by atoms with Gasteiger partial charge in [0.1, 0.15) is 12.1 Å². The molecule has 2 aromatic rings. The lowest BCUT2D eigenvalue weighted by molar-refractivity contribution is 0.593. The first kappa shape index (κ1) is 12.6. The molecule has 94 valence electrons. The van der Waals surface area contributed by atoms with Crippen molar-refractivity contribution in [3.8, 4) is 11.1 Å². The molecule has 1 unspecified atom stereocenters. The van der Waals surface area contributed by atoms with Gasteiger partial charge in [-0.1, -0.05) is 13.0 Å². The first-order valence-corrected chi connectivity index (χ1v) is 6.00. The molecule has 1 heterocycles. The van der Waals surface area contributed by atoms with Crippen molar-refractivity contribution in [2.75, 3.05) is 6.54 Å². The summed E-state index contributed by atoms with van der Waals surface area (Å²) in [5, 5.41) is 3.33. The van der Waals surface area contributed by atoms with E-state index in [-0.39, 0.29) is 11.9 Å². The van der Waals surface area contributed by atoms with Gasteiger partial charge in [-0.25, -0.2) is 14.4 Å². The fourth-order valence-electron chi connectivity index (χ4n) is 2.01. The van der Waals surface area contributed by atoms with Gasteiger partial charge < -0.3 is 5.32 Å². The third kappa shape index (κ3) is 2.71. The summed E-state index contributed by atoms with van der Waals surface area (Å²) in [6.45, 7) is 4.97. The second kappa shape index (κ2) is 5.69. The second-order valence-electron chi connectivity index (χ2n) is 4.14. The maximum absolute atomic E-state index is 13.4. The number of halogens is 1. The van der Waals surface area contributed by atoms with Gasteiger partial charge in [-0.3, -0.25) is 0 Å². The molecule has 3 nitrogen and oxygen atoms in total. The number of hydrogen-bond donors (Lipinski definition) is 1. The SMILES string of the molecule is CCNC(C)c1ccc(F)cc1-c1cncnc1. The monoisotopic (exact) mass is 245 g/mol. The van der Waals surface area contributed by atoms with Crippen molar-refractivity contribution in [1.82, 2.24) is 15.3 Å². The third-order valence-electron chi connectivity index (χ3n) is 2.86. The van der Waals surface area contributed by atoms with Crippen LogP contribution in [0.3, 0.4) is 0 Å². The maximum atomic E-state index is 13.4. The van der Waals surface area contributed by atoms with Crippen molar-refractivity contribution in [2.24, 2.45) is 0 Å². The zero-order chi connectivity index (χ0) is 13.0. The topological polar surface area (TPSA) is 37.8 Å². The lowest BCUT2D eigenvalue weighted by Crippen LogP contribution is -2.18. The lowest BCUT2D eigenvalue weighted by atomic mass is 9.97. The summed E-state index contributed by atoms with van der Waals surface area (Å²) in [6.07, 6.45) is 4.87. The average molecular weight is 245 g/mol. The number of nitrogens with zero attached hydrogens (tertiary/aromatic N) is 2. The van der Waals surface area contributed by atoms with E-state index < -0.39 is 0 Å². The summed E-state index contributed by atoms with van der Waals surface area (Å²) in [5.74, 6) is -0.249. The Balaban J connectivity index is 2.48. The summed E-state index contributed by atoms with van der Waals surface area (Å²) in [5.41, 5.74) is 2.72. The minimum Gasteiger partial charge on any atom is -0.310 e. The Morgan fingerprint density at radius 3 is 2.67 bits per heavy atom. The summed E-state index contributed by atoms with van der Waals surface area (Å²) in [7, 11) is 0. The van der Waals surface area contributed by atoms with E-state index in [4.69, 9.17) is 0 Å². The molecule has 0 bridgehead atoms. The molecule has 2 rings (SSSR count). The molecule has 0 aliphatic carbocycles. The summed E-state index contributed by atoms with van der Waals surface area (Å²) in [4.78, 5) is 7.97. The second-order valence-corrected chi connectivity index (χ2v) is 4.14. The van der Waals surface area contributed by atoms with E-state index in [1.807, 2.05) is 13.0 Å². The fourth-order valence-corrected chi connectivity index (χ4v) is 2.01. The first-order valence-electron chi connectivity index (χ1n) is 6.00. The summed E-state index contributed by atoms with van der Waals surface area (Å²) < 4.78 is 13.4. The Morgan fingerprint density at radius 1 is 1.28 bits per heavy atom. The van der Waals surface area contributed by atoms with Crippen LogP contribution in [0.1, 0.15) is 25.5 Å². The van der Waals surface area contributed by atoms with E-state index in [1.165, 1.54) is 18.5 Å². The van der Waals surface area contributed by atoms with Gasteiger partial charge in [-0.15, -0.1) is 0 Å². The molecule has 18 heavy (non-hydrogen) atoms. The minimum atomic E-state index is -0.249. The molecule has 1 aromatic heterocycles. The van der Waals surface area contributed by atoms with E-state index in [1.54, 1.807) is 12.4 Å². The molecule has 4 heteroatoms. The van der Waals surface area contributed by atoms with Crippen LogP contribution in [0.5, 0.6) is 0 Å². The van der Waals surface area contributed by atoms with Crippen LogP contribution in [-0.4, -0.2) is 16.5 Å². The minimum absolute atomic E-state index is 0.158. The fraction of sp³-hybridized carbons (Fsp3) is 0.286. The molecule has 0 fully saturated rings. The highest BCUT2D eigenvalue weighted by molar-refractivity contribution is 5.66. The van der Waals surface area contributed by atoms with Crippen LogP contribution in [0.4, 0.5) is 4.39 Å². The highest BCUT2D eigenvalue weighted by atomic mass is 19.1. The molecule has 1 atom stereocenters. The van der Waals surface area contributed by atoms with Crippen molar-refractivity contribution >= 4 is 0 Å². The quantitative estimate of drug-likeness (QED) is 0.900. The molecule has 1 N–H and O–H groups in total. The van der Waals surface area contributed by atoms with Crippen molar-refractivity contribution in [1.29, 1.82) is 0 Å². The van der Waals surface area contributed by atoms with Crippen molar-refractivity contribution in [2.45, 2.75) is 19.9 Å². The number of aromatic nitrogens is 2. The number of benzene rings is 1. The molecule has 1 aromatic carbocycles. The normalized spacial score (nSPS) is 12.4. The summed E-state index contributed by atoms with van der Waals surface area (Å²) in [6, 6.07) is 4.98. The third-order valence-corrected chi connectivity index (χ3v) is 2.86. The number of nitrogens with one attached hydrogen (secondary N) is 1. The zero-order valence-corrected chi connectivity index (χ0v) is 10.5. The van der Waals surface area contributed by atoms with Gasteiger partial charge >= 0.3 is 0 Å². The van der Waals surface area contributed by atoms with E-state index in [0.29, 0.717) is 0 Å². The Morgan fingerprint density at radius 2 is 2.00 bits per heavy atom. The van der Waals surface area contributed by atoms with Gasteiger partial charge in [0.25, 0.3) is 0 Å². The van der Waals surface area contributed by atoms with Crippen LogP contribution < -0.4 is 5.32 Å². The predicted molar refractivity (Wildman–Crippen MR) is 69.5 cm³/mol. The van der Waals surface area contributed by atoms with Gasteiger partial charge in [0.05, 0.1) is 0 Å². The van der Waals surface area contributed by atoms with E-state index in [9.17, 15) is 4.39 Å². The lowest BCUT2D eigenvalue weighted by Gasteiger charge is -2.17. The molecular weight excluding hydrogens is 229 g/mol. The van der Waals surface area contributed by atoms with Crippen LogP contribution in [0.2, 0.25) is 0 Å². The van der Waals surface area contributed by atoms with Gasteiger partial charge in [0.15, 0.2) is 0 Å². The van der Waals surface area contributed by atoms with Crippen LogP contribution in [0, 0.1) is 5.82 Å². The zero-order valence-electron chi connectivity index (χ0n) is 10.5. The van der Waals surface area contributed by atoms with Gasteiger partial charge in [-0.2, -0.15) is 0 Å². The summed E-state index contributed by atoms with van der Waals surface area (Å²) >= 11 is 0. The molecule has 0 aliphatic heterocycles. The van der Waals surface area contributed by atoms with Gasteiger partial charge in [0.2, 0.25) is 0 Å². The van der Waals surface area contributed by atoms with Crippen LogP contribution >= 0.6 is 0 Å². The highest BCUT2D eigenvalue weighted by Gasteiger charge is 2.12. The molecule has 0 saturated carbocycles. The Kier molecular flexibility index (Phi) is 3.99. The Bertz CT molecular complexity index is 514. The molecule has 0 radical (unpaired) electrons. The molecule has 0 spiro atoms. The largest absolute Gasteiger partial charge is 0.310 e. The van der Waals surface area contributed by atoms with Crippen molar-refractivity contribution in [3.63, 3.8) is 0 Å². The van der Waals surface area contributed by atoms with E-state index in [0.717, 1.165) is 23.2 Å². The van der Waals surface area contributed by atoms with Crippen LogP contribution in [0.25, 0.3) is 11.1 Å². The molecule has 0 aliphatic rings. The molecule has 0 amide bonds. The standard InChI is InChI=1S/C14H16FN3/c1-3-18-10(2)13-5-4-12(15)6-14(13)11-7-16-9-17-8-11/h4-10,18H,3H2,1-2H3. The van der Waals surface area contributed by atoms with E-state index in [2.05, 4.69) is 22.2 Å². The molecular formula is C14H16FN3. The van der Waals surface area contributed by atoms with Crippen LogP contribution in [-0.2, 0) is 0 Å². The first-order chi connectivity index (χ1) is 8.72. The van der Waals surface area contributed by atoms with Crippen molar-refractivity contribution < 1.29 is 4.39 Å². The smallest absolute Gasteiger partial charge is 0.123 e. The maximum Gasteiger partial charge on any atom is 0.123 e. The average Bonchev–Trinajstić information content (AvgIpc) is 2.40. The van der Waals surface area contributed by atoms with Gasteiger partial charge in [0, 0.05) is 24.0 Å². The number of rotatable bonds is 4. The predicted octanol–water partition coefficient (Wildman–Crippen LogP) is 2.95. The van der Waals surface area contributed by atoms with E-state index >= 15 is 0 Å². The Labute approximate surface area is 106 Å². The Hall–Kier alpha value is -1.81.